The van der Waals surface area contributed by atoms with Crippen LogP contribution in [0.2, 0.25) is 0 Å². The lowest BCUT2D eigenvalue weighted by Crippen LogP contribution is -2.45. The third-order valence-corrected chi connectivity index (χ3v) is 8.58. The number of urea groups is 2. The molecule has 0 spiro atoms. The highest BCUT2D eigenvalue weighted by Gasteiger charge is 2.48. The Kier molecular flexibility index (Phi) is 15.3. The van der Waals surface area contributed by atoms with Gasteiger partial charge in [0.1, 0.15) is 33.0 Å². The lowest BCUT2D eigenvalue weighted by atomic mass is 10.2. The van der Waals surface area contributed by atoms with Crippen molar-refractivity contribution in [3.8, 4) is 0 Å². The Morgan fingerprint density at radius 1 is 0.552 bits per heavy atom. The van der Waals surface area contributed by atoms with Crippen molar-refractivity contribution in [2.75, 3.05) is 26.2 Å². The minimum Gasteiger partial charge on any atom is -0.465 e. The fourth-order valence-corrected chi connectivity index (χ4v) is 5.66. The van der Waals surface area contributed by atoms with Gasteiger partial charge >= 0.3 is 42.2 Å². The maximum Gasteiger partial charge on any atom is 0.419 e. The van der Waals surface area contributed by atoms with E-state index >= 15 is 0 Å². The average molecular weight is 795 g/mol. The SMILES string of the molecule is CCOC(=O)CN1C[C@@H](C(=O)OCc2ccccc2)N(C(=O)OCc2ccccc2)C1=O.O=C(OCc1ccccc1)[C@@H]1CNC(=O)N1C(=O)OCc1ccccc1. The molecule has 4 aromatic rings. The van der Waals surface area contributed by atoms with Gasteiger partial charge in [-0.1, -0.05) is 121 Å². The largest absolute Gasteiger partial charge is 0.465 e. The predicted octanol–water partition coefficient (Wildman–Crippen LogP) is 5.20. The molecule has 16 nitrogen and oxygen atoms in total. The van der Waals surface area contributed by atoms with E-state index in [2.05, 4.69) is 5.32 Å². The molecule has 2 atom stereocenters. The van der Waals surface area contributed by atoms with Gasteiger partial charge < -0.3 is 33.9 Å². The minimum absolute atomic E-state index is 0.00705. The molecule has 0 aliphatic carbocycles. The van der Waals surface area contributed by atoms with Gasteiger partial charge in [0.25, 0.3) is 0 Å². The van der Waals surface area contributed by atoms with Crippen LogP contribution < -0.4 is 5.32 Å². The van der Waals surface area contributed by atoms with E-state index in [-0.39, 0.29) is 46.1 Å². The van der Waals surface area contributed by atoms with E-state index in [4.69, 9.17) is 23.7 Å². The summed E-state index contributed by atoms with van der Waals surface area (Å²) in [6, 6.07) is 32.3. The molecule has 6 rings (SSSR count). The number of carbonyl (C=O) groups excluding carboxylic acids is 7. The second kappa shape index (κ2) is 21.2. The number of rotatable bonds is 13. The summed E-state index contributed by atoms with van der Waals surface area (Å²) >= 11 is 0. The first kappa shape index (κ1) is 41.9. The average Bonchev–Trinajstić information content (AvgIpc) is 3.80. The Morgan fingerprint density at radius 3 is 1.38 bits per heavy atom. The Morgan fingerprint density at radius 2 is 0.948 bits per heavy atom. The normalized spacial score (nSPS) is 15.7. The van der Waals surface area contributed by atoms with E-state index < -0.39 is 60.8 Å². The summed E-state index contributed by atoms with van der Waals surface area (Å²) in [5.41, 5.74) is 3.07. The van der Waals surface area contributed by atoms with Gasteiger partial charge in [0.05, 0.1) is 19.7 Å². The molecule has 58 heavy (non-hydrogen) atoms. The van der Waals surface area contributed by atoms with Gasteiger partial charge in [-0.25, -0.2) is 38.6 Å². The maximum atomic E-state index is 12.8. The molecule has 2 aliphatic rings. The molecular formula is C42H42N4O12. The Hall–Kier alpha value is -7.23. The first-order valence-corrected chi connectivity index (χ1v) is 18.3. The molecule has 0 saturated carbocycles. The lowest BCUT2D eigenvalue weighted by molar-refractivity contribution is -0.150. The third kappa shape index (κ3) is 11.9. The number of hydrogen-bond donors (Lipinski definition) is 1. The van der Waals surface area contributed by atoms with Crippen molar-refractivity contribution in [3.63, 3.8) is 0 Å². The molecule has 1 N–H and O–H groups in total. The van der Waals surface area contributed by atoms with Gasteiger partial charge in [0, 0.05) is 0 Å². The second-order valence-corrected chi connectivity index (χ2v) is 12.7. The summed E-state index contributed by atoms with van der Waals surface area (Å²) in [5, 5.41) is 2.46. The molecule has 2 saturated heterocycles. The highest BCUT2D eigenvalue weighted by atomic mass is 16.6. The molecule has 2 aliphatic heterocycles. The van der Waals surface area contributed by atoms with E-state index in [0.29, 0.717) is 4.90 Å². The zero-order valence-corrected chi connectivity index (χ0v) is 31.6. The van der Waals surface area contributed by atoms with Crippen LogP contribution in [-0.2, 0) is 64.5 Å². The standard InChI is InChI=1S/C23H24N2O7.C19H18N2O5/c1-2-30-20(26)14-24-13-19(21(27)31-15-17-9-5-3-6-10-17)25(22(24)28)23(29)32-16-18-11-7-4-8-12-18;22-17(25-12-14-7-3-1-4-8-14)16-11-20-18(23)21(16)19(24)26-13-15-9-5-2-6-10-15/h3-12,19H,2,13-16H2,1H3;1-10,16H,11-13H2,(H,20,23)/t19-;16-/m00/s1. The number of ether oxygens (including phenoxy) is 5. The fourth-order valence-electron chi connectivity index (χ4n) is 5.66. The van der Waals surface area contributed by atoms with Gasteiger partial charge in [0.2, 0.25) is 0 Å². The van der Waals surface area contributed by atoms with Crippen LogP contribution in [0, 0.1) is 0 Å². The highest BCUT2D eigenvalue weighted by molar-refractivity contribution is 6.00. The molecule has 2 heterocycles. The number of nitrogens with one attached hydrogen (secondary N) is 1. The molecule has 6 amide bonds. The highest BCUT2D eigenvalue weighted by Crippen LogP contribution is 2.21. The van der Waals surface area contributed by atoms with Gasteiger partial charge in [-0.3, -0.25) is 4.79 Å². The molecule has 0 bridgehead atoms. The van der Waals surface area contributed by atoms with Gasteiger partial charge in [-0.05, 0) is 29.2 Å². The van der Waals surface area contributed by atoms with Crippen molar-refractivity contribution < 1.29 is 57.2 Å². The summed E-state index contributed by atoms with van der Waals surface area (Å²) in [5.74, 6) is -2.08. The molecule has 0 unspecified atom stereocenters. The van der Waals surface area contributed by atoms with Crippen LogP contribution in [0.3, 0.4) is 0 Å². The van der Waals surface area contributed by atoms with Gasteiger partial charge in [-0.2, -0.15) is 0 Å². The number of hydrogen-bond acceptors (Lipinski definition) is 12. The molecule has 4 aromatic carbocycles. The Bertz CT molecular complexity index is 2020. The number of benzene rings is 4. The summed E-state index contributed by atoms with van der Waals surface area (Å²) < 4.78 is 25.8. The number of carbonyl (C=O) groups is 7. The maximum absolute atomic E-state index is 12.8. The van der Waals surface area contributed by atoms with Crippen LogP contribution in [0.5, 0.6) is 0 Å². The monoisotopic (exact) mass is 794 g/mol. The zero-order chi connectivity index (χ0) is 41.3. The molecule has 0 aromatic heterocycles. The van der Waals surface area contributed by atoms with Crippen molar-refractivity contribution in [1.29, 1.82) is 0 Å². The summed E-state index contributed by atoms with van der Waals surface area (Å²) in [6.45, 7) is 1.16. The molecule has 0 radical (unpaired) electrons. The van der Waals surface area contributed by atoms with Crippen molar-refractivity contribution in [3.05, 3.63) is 144 Å². The van der Waals surface area contributed by atoms with Crippen LogP contribution in [-0.4, -0.2) is 95.2 Å². The van der Waals surface area contributed by atoms with Crippen LogP contribution in [0.4, 0.5) is 19.2 Å². The quantitative estimate of drug-likeness (QED) is 0.138. The van der Waals surface area contributed by atoms with E-state index in [1.54, 1.807) is 67.6 Å². The fraction of sp³-hybridized carbons (Fsp3) is 0.262. The molecule has 2 fully saturated rings. The molecule has 302 valence electrons. The topological polar surface area (TPSA) is 187 Å². The molecular weight excluding hydrogens is 752 g/mol. The van der Waals surface area contributed by atoms with Crippen LogP contribution >= 0.6 is 0 Å². The minimum atomic E-state index is -1.25. The number of esters is 3. The number of imide groups is 2. The predicted molar refractivity (Wildman–Crippen MR) is 204 cm³/mol. The second-order valence-electron chi connectivity index (χ2n) is 12.7. The summed E-state index contributed by atoms with van der Waals surface area (Å²) in [6.07, 6.45) is -1.88. The van der Waals surface area contributed by atoms with E-state index in [1.165, 1.54) is 0 Å². The van der Waals surface area contributed by atoms with E-state index in [0.717, 1.165) is 32.1 Å². The van der Waals surface area contributed by atoms with Crippen molar-refractivity contribution >= 4 is 42.2 Å². The Labute approximate surface area is 334 Å². The van der Waals surface area contributed by atoms with Crippen LogP contribution in [0.1, 0.15) is 29.2 Å². The van der Waals surface area contributed by atoms with Crippen molar-refractivity contribution in [1.82, 2.24) is 20.0 Å². The first-order chi connectivity index (χ1) is 28.1. The van der Waals surface area contributed by atoms with E-state index in [9.17, 15) is 33.6 Å². The van der Waals surface area contributed by atoms with Gasteiger partial charge in [0.15, 0.2) is 12.1 Å². The third-order valence-electron chi connectivity index (χ3n) is 8.58. The van der Waals surface area contributed by atoms with Gasteiger partial charge in [-0.15, -0.1) is 0 Å². The van der Waals surface area contributed by atoms with Crippen LogP contribution in [0.15, 0.2) is 121 Å². The number of nitrogens with zero attached hydrogens (tertiary/aromatic N) is 3. The van der Waals surface area contributed by atoms with Crippen molar-refractivity contribution in [2.24, 2.45) is 0 Å². The summed E-state index contributed by atoms with van der Waals surface area (Å²) in [7, 11) is 0. The number of amides is 6. The lowest BCUT2D eigenvalue weighted by Gasteiger charge is -2.20. The molecule has 16 heteroatoms. The smallest absolute Gasteiger partial charge is 0.419 e. The Balaban J connectivity index is 0.000000226. The first-order valence-electron chi connectivity index (χ1n) is 18.3. The zero-order valence-electron chi connectivity index (χ0n) is 31.6. The van der Waals surface area contributed by atoms with Crippen molar-refractivity contribution in [2.45, 2.75) is 45.4 Å². The summed E-state index contributed by atoms with van der Waals surface area (Å²) in [4.78, 5) is 89.1. The van der Waals surface area contributed by atoms with E-state index in [1.807, 2.05) is 60.7 Å². The van der Waals surface area contributed by atoms with Crippen LogP contribution in [0.25, 0.3) is 0 Å².